The van der Waals surface area contributed by atoms with E-state index in [1.54, 1.807) is 6.07 Å². The number of hydrogen-bond acceptors (Lipinski definition) is 3. The lowest BCUT2D eigenvalue weighted by Crippen LogP contribution is -2.09. The summed E-state index contributed by atoms with van der Waals surface area (Å²) < 4.78 is 18.1. The van der Waals surface area contributed by atoms with Gasteiger partial charge in [0.2, 0.25) is 0 Å². The van der Waals surface area contributed by atoms with Crippen molar-refractivity contribution in [2.24, 2.45) is 5.92 Å². The number of carbonyl (C=O) groups is 1. The first kappa shape index (κ1) is 13.0. The van der Waals surface area contributed by atoms with Crippen molar-refractivity contribution in [3.8, 4) is 11.8 Å². The summed E-state index contributed by atoms with van der Waals surface area (Å²) in [6.07, 6.45) is -0.0339. The number of nitriles is 1. The third-order valence-corrected chi connectivity index (χ3v) is 2.30. The molecule has 0 radical (unpaired) electrons. The number of carboxylic acids is 1. The van der Waals surface area contributed by atoms with Crippen LogP contribution >= 0.6 is 0 Å². The van der Waals surface area contributed by atoms with Gasteiger partial charge < -0.3 is 9.84 Å². The van der Waals surface area contributed by atoms with Crippen molar-refractivity contribution in [1.29, 1.82) is 5.26 Å². The smallest absolute Gasteiger partial charge is 0.304 e. The van der Waals surface area contributed by atoms with Gasteiger partial charge in [-0.15, -0.1) is 0 Å². The highest BCUT2D eigenvalue weighted by Gasteiger charge is 2.14. The standard InChI is InChI=1S/C12H12FNO3/c1-17-11-3-2-8(5-10(11)13)4-9(7-14)6-12(15)16/h2-3,5,9H,4,6H2,1H3,(H,15,16). The van der Waals surface area contributed by atoms with Crippen molar-refractivity contribution >= 4 is 5.97 Å². The molecule has 4 nitrogen and oxygen atoms in total. The maximum atomic E-state index is 13.3. The van der Waals surface area contributed by atoms with Gasteiger partial charge in [0, 0.05) is 0 Å². The lowest BCUT2D eigenvalue weighted by atomic mass is 9.97. The molecule has 1 N–H and O–H groups in total. The van der Waals surface area contributed by atoms with Crippen molar-refractivity contribution in [1.82, 2.24) is 0 Å². The molecule has 17 heavy (non-hydrogen) atoms. The van der Waals surface area contributed by atoms with Gasteiger partial charge in [0.1, 0.15) is 0 Å². The molecule has 0 bridgehead atoms. The van der Waals surface area contributed by atoms with Gasteiger partial charge in [-0.1, -0.05) is 6.07 Å². The molecular weight excluding hydrogens is 225 g/mol. The number of methoxy groups -OCH3 is 1. The van der Waals surface area contributed by atoms with Crippen LogP contribution in [0.25, 0.3) is 0 Å². The Morgan fingerprint density at radius 2 is 2.35 bits per heavy atom. The average molecular weight is 237 g/mol. The largest absolute Gasteiger partial charge is 0.494 e. The minimum absolute atomic E-state index is 0.125. The van der Waals surface area contributed by atoms with Crippen LogP contribution in [0.2, 0.25) is 0 Å². The molecule has 1 rings (SSSR count). The molecule has 0 aliphatic carbocycles. The quantitative estimate of drug-likeness (QED) is 0.850. The monoisotopic (exact) mass is 237 g/mol. The second-order valence-electron chi connectivity index (χ2n) is 3.60. The average Bonchev–Trinajstić information content (AvgIpc) is 2.27. The topological polar surface area (TPSA) is 70.3 Å². The summed E-state index contributed by atoms with van der Waals surface area (Å²) in [5.41, 5.74) is 0.580. The minimum atomic E-state index is -1.04. The Labute approximate surface area is 98.2 Å². The summed E-state index contributed by atoms with van der Waals surface area (Å²) >= 11 is 0. The van der Waals surface area contributed by atoms with Crippen LogP contribution in [-0.4, -0.2) is 18.2 Å². The lowest BCUT2D eigenvalue weighted by Gasteiger charge is -2.08. The third-order valence-electron chi connectivity index (χ3n) is 2.30. The van der Waals surface area contributed by atoms with E-state index in [-0.39, 0.29) is 18.6 Å². The Morgan fingerprint density at radius 3 is 2.82 bits per heavy atom. The fourth-order valence-corrected chi connectivity index (χ4v) is 1.50. The first-order valence-electron chi connectivity index (χ1n) is 5.00. The minimum Gasteiger partial charge on any atom is -0.494 e. The van der Waals surface area contributed by atoms with Gasteiger partial charge in [-0.25, -0.2) is 4.39 Å². The molecule has 0 saturated heterocycles. The Balaban J connectivity index is 2.77. The van der Waals surface area contributed by atoms with Crippen LogP contribution in [0.1, 0.15) is 12.0 Å². The number of hydrogen-bond donors (Lipinski definition) is 1. The van der Waals surface area contributed by atoms with E-state index in [4.69, 9.17) is 15.1 Å². The number of ether oxygens (including phenoxy) is 1. The zero-order chi connectivity index (χ0) is 12.8. The molecule has 0 aliphatic heterocycles. The Hall–Kier alpha value is -2.09. The first-order chi connectivity index (χ1) is 8.06. The van der Waals surface area contributed by atoms with E-state index in [9.17, 15) is 9.18 Å². The molecule has 90 valence electrons. The van der Waals surface area contributed by atoms with E-state index in [1.807, 2.05) is 6.07 Å². The van der Waals surface area contributed by atoms with Gasteiger partial charge >= 0.3 is 5.97 Å². The number of rotatable bonds is 5. The van der Waals surface area contributed by atoms with Crippen LogP contribution in [0.3, 0.4) is 0 Å². The second kappa shape index (κ2) is 5.85. The van der Waals surface area contributed by atoms with Gasteiger partial charge in [0.05, 0.1) is 25.5 Å². The maximum Gasteiger partial charge on any atom is 0.304 e. The molecule has 1 unspecified atom stereocenters. The van der Waals surface area contributed by atoms with Crippen molar-refractivity contribution in [2.75, 3.05) is 7.11 Å². The molecule has 0 aliphatic rings. The molecule has 1 aromatic rings. The van der Waals surface area contributed by atoms with Crippen LogP contribution in [0.5, 0.6) is 5.75 Å². The van der Waals surface area contributed by atoms with Crippen molar-refractivity contribution in [2.45, 2.75) is 12.8 Å². The fraction of sp³-hybridized carbons (Fsp3) is 0.333. The molecule has 0 amide bonds. The number of benzene rings is 1. The van der Waals surface area contributed by atoms with Crippen LogP contribution in [0, 0.1) is 23.1 Å². The van der Waals surface area contributed by atoms with Crippen LogP contribution < -0.4 is 4.74 Å². The van der Waals surface area contributed by atoms with Crippen LogP contribution in [0.4, 0.5) is 4.39 Å². The highest BCUT2D eigenvalue weighted by molar-refractivity contribution is 5.67. The number of halogens is 1. The van der Waals surface area contributed by atoms with E-state index in [2.05, 4.69) is 0 Å². The summed E-state index contributed by atoms with van der Waals surface area (Å²) in [4.78, 5) is 10.5. The van der Waals surface area contributed by atoms with E-state index in [1.165, 1.54) is 19.2 Å². The number of nitrogens with zero attached hydrogens (tertiary/aromatic N) is 1. The lowest BCUT2D eigenvalue weighted by molar-refractivity contribution is -0.137. The Bertz CT molecular complexity index is 454. The highest BCUT2D eigenvalue weighted by atomic mass is 19.1. The molecule has 0 aromatic heterocycles. The van der Waals surface area contributed by atoms with E-state index in [0.29, 0.717) is 5.56 Å². The molecule has 0 fully saturated rings. The van der Waals surface area contributed by atoms with Crippen molar-refractivity contribution in [3.63, 3.8) is 0 Å². The predicted octanol–water partition coefficient (Wildman–Crippen LogP) is 1.99. The van der Waals surface area contributed by atoms with Gasteiger partial charge in [-0.3, -0.25) is 4.79 Å². The summed E-state index contributed by atoms with van der Waals surface area (Å²) in [6.45, 7) is 0. The first-order valence-corrected chi connectivity index (χ1v) is 5.00. The SMILES string of the molecule is COc1ccc(CC(C#N)CC(=O)O)cc1F. The number of aliphatic carboxylic acids is 1. The predicted molar refractivity (Wildman–Crippen MR) is 58.0 cm³/mol. The highest BCUT2D eigenvalue weighted by Crippen LogP contribution is 2.20. The van der Waals surface area contributed by atoms with E-state index < -0.39 is 17.7 Å². The summed E-state index contributed by atoms with van der Waals surface area (Å²) in [7, 11) is 1.36. The Kier molecular flexibility index (Phi) is 4.46. The van der Waals surface area contributed by atoms with E-state index in [0.717, 1.165) is 0 Å². The van der Waals surface area contributed by atoms with Crippen LogP contribution in [0.15, 0.2) is 18.2 Å². The van der Waals surface area contributed by atoms with E-state index >= 15 is 0 Å². The molecular formula is C12H12FNO3. The molecule has 0 saturated carbocycles. The summed E-state index contributed by atoms with van der Waals surface area (Å²) in [5, 5.41) is 17.4. The van der Waals surface area contributed by atoms with Gasteiger partial charge in [-0.2, -0.15) is 5.26 Å². The molecule has 1 atom stereocenters. The van der Waals surface area contributed by atoms with Gasteiger partial charge in [-0.05, 0) is 24.1 Å². The third kappa shape index (κ3) is 3.76. The maximum absolute atomic E-state index is 13.3. The zero-order valence-corrected chi connectivity index (χ0v) is 9.31. The van der Waals surface area contributed by atoms with Gasteiger partial charge in [0.15, 0.2) is 11.6 Å². The van der Waals surface area contributed by atoms with Gasteiger partial charge in [0.25, 0.3) is 0 Å². The molecule has 0 spiro atoms. The van der Waals surface area contributed by atoms with Crippen molar-refractivity contribution in [3.05, 3.63) is 29.6 Å². The van der Waals surface area contributed by atoms with Crippen molar-refractivity contribution < 1.29 is 19.0 Å². The molecule has 0 heterocycles. The molecule has 5 heteroatoms. The summed E-state index contributed by atoms with van der Waals surface area (Å²) in [6, 6.07) is 6.23. The second-order valence-corrected chi connectivity index (χ2v) is 3.60. The molecule has 1 aromatic carbocycles. The normalized spacial score (nSPS) is 11.6. The summed E-state index contributed by atoms with van der Waals surface area (Å²) in [5.74, 6) is -2.08. The Morgan fingerprint density at radius 1 is 1.65 bits per heavy atom. The fourth-order valence-electron chi connectivity index (χ4n) is 1.50. The van der Waals surface area contributed by atoms with Crippen LogP contribution in [-0.2, 0) is 11.2 Å². The number of carboxylic acid groups (broad SMARTS) is 1. The zero-order valence-electron chi connectivity index (χ0n) is 9.31.